The number of pyridine rings is 1. The van der Waals surface area contributed by atoms with Gasteiger partial charge in [0.15, 0.2) is 5.82 Å². The predicted octanol–water partition coefficient (Wildman–Crippen LogP) is 13.5. The zero-order valence-corrected chi connectivity index (χ0v) is 29.9. The molecule has 0 N–H and O–H groups in total. The molecule has 0 bridgehead atoms. The van der Waals surface area contributed by atoms with Gasteiger partial charge in [-0.05, 0) is 53.9 Å². The van der Waals surface area contributed by atoms with Crippen molar-refractivity contribution >= 4 is 49.5 Å². The van der Waals surface area contributed by atoms with Crippen LogP contribution in [-0.2, 0) is 0 Å². The molecule has 0 radical (unpaired) electrons. The normalized spacial score (nSPS) is 11.3. The van der Waals surface area contributed by atoms with E-state index in [4.69, 9.17) is 15.0 Å². The summed E-state index contributed by atoms with van der Waals surface area (Å²) in [4.78, 5) is 18.0. The lowest BCUT2D eigenvalue weighted by molar-refractivity contribution is 1.18. The molecule has 0 spiro atoms. The largest absolute Gasteiger partial charge is 0.310 e. The minimum atomic E-state index is 0.690. The smallest absolute Gasteiger partial charge is 0.160 e. The Balaban J connectivity index is 1.23. The summed E-state index contributed by atoms with van der Waals surface area (Å²) in [5.74, 6) is 0.690. The van der Waals surface area contributed by atoms with E-state index >= 15 is 0 Å². The zero-order chi connectivity index (χ0) is 36.6. The average molecular weight is 703 g/mol. The molecule has 10 rings (SSSR count). The van der Waals surface area contributed by atoms with E-state index in [0.717, 1.165) is 72.7 Å². The predicted molar refractivity (Wildman–Crippen MR) is 229 cm³/mol. The van der Waals surface area contributed by atoms with Crippen molar-refractivity contribution in [2.45, 2.75) is 0 Å². The Morgan fingerprint density at radius 3 is 1.51 bits per heavy atom. The van der Waals surface area contributed by atoms with Crippen LogP contribution in [0.1, 0.15) is 0 Å². The molecule has 258 valence electrons. The molecule has 2 heterocycles. The molecule has 0 saturated carbocycles. The maximum absolute atomic E-state index is 5.44. The first-order chi connectivity index (χ1) is 27.3. The third-order valence-corrected chi connectivity index (χ3v) is 10.2. The molecule has 0 aliphatic rings. The third kappa shape index (κ3) is 5.96. The summed E-state index contributed by atoms with van der Waals surface area (Å²) in [5.41, 5.74) is 10.9. The molecule has 0 atom stereocenters. The number of benzene rings is 8. The van der Waals surface area contributed by atoms with E-state index in [2.05, 4.69) is 175 Å². The van der Waals surface area contributed by atoms with Crippen LogP contribution in [-0.4, -0.2) is 15.0 Å². The van der Waals surface area contributed by atoms with Crippen molar-refractivity contribution in [3.63, 3.8) is 0 Å². The van der Waals surface area contributed by atoms with Crippen molar-refractivity contribution in [3.05, 3.63) is 206 Å². The Morgan fingerprint density at radius 1 is 0.327 bits per heavy atom. The van der Waals surface area contributed by atoms with Crippen LogP contribution >= 0.6 is 0 Å². The van der Waals surface area contributed by atoms with Crippen molar-refractivity contribution in [2.75, 3.05) is 4.90 Å². The SMILES string of the molecule is c1ccc(-c2cc(-c3cccc(-c4nc5ccccc5c5c4cc(N(c4ccccc4)c4ccccc4)c4ccccc45)c3)nc(-c3ccccc3)n2)cc1. The Bertz CT molecular complexity index is 2870. The van der Waals surface area contributed by atoms with Gasteiger partial charge >= 0.3 is 0 Å². The van der Waals surface area contributed by atoms with Crippen LogP contribution in [0.15, 0.2) is 206 Å². The summed E-state index contributed by atoms with van der Waals surface area (Å²) in [6.45, 7) is 0. The van der Waals surface area contributed by atoms with Gasteiger partial charge in [-0.1, -0.05) is 158 Å². The van der Waals surface area contributed by atoms with Crippen LogP contribution in [0, 0.1) is 0 Å². The molecule has 8 aromatic carbocycles. The molecule has 2 aromatic heterocycles. The second kappa shape index (κ2) is 13.8. The van der Waals surface area contributed by atoms with Crippen LogP contribution in [0.4, 0.5) is 17.1 Å². The summed E-state index contributed by atoms with van der Waals surface area (Å²) in [6, 6.07) is 72.0. The van der Waals surface area contributed by atoms with E-state index in [1.165, 1.54) is 16.2 Å². The second-order valence-electron chi connectivity index (χ2n) is 13.6. The molecular weight excluding hydrogens is 669 g/mol. The number of para-hydroxylation sites is 3. The minimum Gasteiger partial charge on any atom is -0.310 e. The van der Waals surface area contributed by atoms with Gasteiger partial charge in [-0.15, -0.1) is 0 Å². The minimum absolute atomic E-state index is 0.690. The topological polar surface area (TPSA) is 41.9 Å². The highest BCUT2D eigenvalue weighted by Crippen LogP contribution is 2.45. The quantitative estimate of drug-likeness (QED) is 0.155. The number of rotatable bonds is 7. The first-order valence-electron chi connectivity index (χ1n) is 18.5. The lowest BCUT2D eigenvalue weighted by atomic mass is 9.93. The molecule has 10 aromatic rings. The number of nitrogens with zero attached hydrogens (tertiary/aromatic N) is 4. The number of anilines is 3. The van der Waals surface area contributed by atoms with E-state index in [9.17, 15) is 0 Å². The fourth-order valence-electron chi connectivity index (χ4n) is 7.68. The highest BCUT2D eigenvalue weighted by molar-refractivity contribution is 6.25. The van der Waals surface area contributed by atoms with Gasteiger partial charge in [-0.25, -0.2) is 15.0 Å². The highest BCUT2D eigenvalue weighted by atomic mass is 15.1. The zero-order valence-electron chi connectivity index (χ0n) is 29.9. The summed E-state index contributed by atoms with van der Waals surface area (Å²) in [5, 5.41) is 5.74. The Kier molecular flexibility index (Phi) is 8.12. The average Bonchev–Trinajstić information content (AvgIpc) is 3.27. The highest BCUT2D eigenvalue weighted by Gasteiger charge is 2.21. The van der Waals surface area contributed by atoms with Crippen LogP contribution < -0.4 is 4.90 Å². The molecule has 0 saturated heterocycles. The Labute approximate surface area is 319 Å². The second-order valence-corrected chi connectivity index (χ2v) is 13.6. The molecule has 0 aliphatic heterocycles. The maximum Gasteiger partial charge on any atom is 0.160 e. The fourth-order valence-corrected chi connectivity index (χ4v) is 7.68. The number of aromatic nitrogens is 3. The first-order valence-corrected chi connectivity index (χ1v) is 18.5. The van der Waals surface area contributed by atoms with E-state index in [-0.39, 0.29) is 0 Å². The maximum atomic E-state index is 5.44. The van der Waals surface area contributed by atoms with E-state index in [1.54, 1.807) is 0 Å². The van der Waals surface area contributed by atoms with Gasteiger partial charge in [0.2, 0.25) is 0 Å². The van der Waals surface area contributed by atoms with Gasteiger partial charge in [0, 0.05) is 55.2 Å². The lowest BCUT2D eigenvalue weighted by Gasteiger charge is -2.28. The van der Waals surface area contributed by atoms with E-state index in [0.29, 0.717) is 5.82 Å². The molecule has 4 nitrogen and oxygen atoms in total. The van der Waals surface area contributed by atoms with E-state index < -0.39 is 0 Å². The van der Waals surface area contributed by atoms with Crippen LogP contribution in [0.5, 0.6) is 0 Å². The summed E-state index contributed by atoms with van der Waals surface area (Å²) in [7, 11) is 0. The van der Waals surface area contributed by atoms with Crippen LogP contribution in [0.2, 0.25) is 0 Å². The van der Waals surface area contributed by atoms with Gasteiger partial charge in [0.25, 0.3) is 0 Å². The molecule has 0 aliphatic carbocycles. The first kappa shape index (κ1) is 32.2. The Hall–Kier alpha value is -7.43. The van der Waals surface area contributed by atoms with Crippen LogP contribution in [0.25, 0.3) is 77.6 Å². The van der Waals surface area contributed by atoms with Crippen molar-refractivity contribution in [2.24, 2.45) is 0 Å². The van der Waals surface area contributed by atoms with Gasteiger partial charge in [0.1, 0.15) is 0 Å². The number of hydrogen-bond donors (Lipinski definition) is 0. The fraction of sp³-hybridized carbons (Fsp3) is 0. The van der Waals surface area contributed by atoms with Crippen molar-refractivity contribution in [3.8, 4) is 45.2 Å². The van der Waals surface area contributed by atoms with Gasteiger partial charge in [-0.3, -0.25) is 0 Å². The van der Waals surface area contributed by atoms with Gasteiger partial charge in [-0.2, -0.15) is 0 Å². The molecule has 0 unspecified atom stereocenters. The van der Waals surface area contributed by atoms with Crippen molar-refractivity contribution in [1.82, 2.24) is 15.0 Å². The molecule has 0 amide bonds. The van der Waals surface area contributed by atoms with E-state index in [1.807, 2.05) is 36.4 Å². The Morgan fingerprint density at radius 2 is 0.836 bits per heavy atom. The molecule has 0 fully saturated rings. The lowest BCUT2D eigenvalue weighted by Crippen LogP contribution is -2.10. The van der Waals surface area contributed by atoms with Gasteiger partial charge < -0.3 is 4.90 Å². The van der Waals surface area contributed by atoms with Crippen molar-refractivity contribution < 1.29 is 0 Å². The number of fused-ring (bicyclic) bond motifs is 5. The summed E-state index contributed by atoms with van der Waals surface area (Å²) in [6.07, 6.45) is 0. The summed E-state index contributed by atoms with van der Waals surface area (Å²) >= 11 is 0. The van der Waals surface area contributed by atoms with Crippen molar-refractivity contribution in [1.29, 1.82) is 0 Å². The molecule has 4 heteroatoms. The summed E-state index contributed by atoms with van der Waals surface area (Å²) < 4.78 is 0. The van der Waals surface area contributed by atoms with Gasteiger partial charge in [0.05, 0.1) is 28.3 Å². The van der Waals surface area contributed by atoms with Crippen LogP contribution in [0.3, 0.4) is 0 Å². The monoisotopic (exact) mass is 702 g/mol. The number of hydrogen-bond acceptors (Lipinski definition) is 4. The molecular formula is C51H34N4. The molecule has 55 heavy (non-hydrogen) atoms. The standard InChI is InChI=1S/C51H34N4/c1-5-18-35(19-6-1)46-34-47(54-51(53-46)36-20-7-2-8-21-36)37-22-17-23-38(32-37)50-44-33-48(55(39-24-9-3-10-25-39)40-26-11-4-12-27-40)41-28-13-14-29-42(41)49(44)43-30-15-16-31-45(43)52-50/h1-34H. The third-order valence-electron chi connectivity index (χ3n) is 10.2.